The van der Waals surface area contributed by atoms with E-state index in [1.807, 2.05) is 0 Å². The standard InChI is InChI=1S/C31H47NO/c1-30-16-14-25(33-21-20-32-18-6-7-19-32)22-24(30)10-11-26-28-13-12-27(23-8-4-3-5-9-23)31(28,2)17-15-29(26)30/h3-5,8-9,24-29H,6-7,10-22H2,1-2H3/t24-,25+,26+,27-,28-,29+,30+,31-/m1/s1. The van der Waals surface area contributed by atoms with Crippen LogP contribution in [0.4, 0.5) is 0 Å². The summed E-state index contributed by atoms with van der Waals surface area (Å²) in [5, 5.41) is 0. The summed E-state index contributed by atoms with van der Waals surface area (Å²) in [6.07, 6.45) is 16.2. The SMILES string of the molecule is C[C@]12CC[C@H](OCCN3CCCC3)C[C@H]1CC[C@H]1[C@H]3CC[C@H](c4ccccc4)[C@@]3(C)CC[C@@H]12. The fourth-order valence-electron chi connectivity index (χ4n) is 9.96. The zero-order chi connectivity index (χ0) is 22.5. The molecule has 0 bridgehead atoms. The Morgan fingerprint density at radius 2 is 1.61 bits per heavy atom. The summed E-state index contributed by atoms with van der Waals surface area (Å²) in [4.78, 5) is 2.60. The van der Waals surface area contributed by atoms with Crippen LogP contribution in [0.5, 0.6) is 0 Å². The summed E-state index contributed by atoms with van der Waals surface area (Å²) in [6.45, 7) is 10.1. The Morgan fingerprint density at radius 3 is 2.42 bits per heavy atom. The normalized spacial score (nSPS) is 45.4. The Balaban J connectivity index is 1.11. The van der Waals surface area contributed by atoms with Crippen molar-refractivity contribution in [2.45, 2.75) is 96.5 Å². The number of rotatable bonds is 5. The van der Waals surface area contributed by atoms with Crippen molar-refractivity contribution in [1.29, 1.82) is 0 Å². The molecule has 6 rings (SSSR count). The van der Waals surface area contributed by atoms with Crippen molar-refractivity contribution in [2.24, 2.45) is 34.5 Å². The Hall–Kier alpha value is -0.860. The van der Waals surface area contributed by atoms with Crippen LogP contribution in [0.15, 0.2) is 30.3 Å². The lowest BCUT2D eigenvalue weighted by Crippen LogP contribution is -2.54. The lowest BCUT2D eigenvalue weighted by atomic mass is 9.44. The van der Waals surface area contributed by atoms with Gasteiger partial charge in [0.1, 0.15) is 0 Å². The van der Waals surface area contributed by atoms with Gasteiger partial charge in [-0.25, -0.2) is 0 Å². The van der Waals surface area contributed by atoms with Crippen molar-refractivity contribution in [3.63, 3.8) is 0 Å². The highest BCUT2D eigenvalue weighted by Gasteiger charge is 2.60. The van der Waals surface area contributed by atoms with E-state index in [-0.39, 0.29) is 0 Å². The summed E-state index contributed by atoms with van der Waals surface area (Å²) in [7, 11) is 0. The third-order valence-electron chi connectivity index (χ3n) is 11.8. The first-order valence-electron chi connectivity index (χ1n) is 14.5. The van der Waals surface area contributed by atoms with E-state index in [4.69, 9.17) is 4.74 Å². The molecule has 2 nitrogen and oxygen atoms in total. The van der Waals surface area contributed by atoms with Crippen molar-refractivity contribution in [3.8, 4) is 0 Å². The smallest absolute Gasteiger partial charge is 0.0597 e. The van der Waals surface area contributed by atoms with Crippen molar-refractivity contribution in [2.75, 3.05) is 26.2 Å². The topological polar surface area (TPSA) is 12.5 Å². The fourth-order valence-corrected chi connectivity index (χ4v) is 9.96. The Kier molecular flexibility index (Phi) is 6.15. The van der Waals surface area contributed by atoms with Crippen LogP contribution in [0.25, 0.3) is 0 Å². The van der Waals surface area contributed by atoms with Gasteiger partial charge >= 0.3 is 0 Å². The maximum atomic E-state index is 6.48. The van der Waals surface area contributed by atoms with Gasteiger partial charge in [-0.2, -0.15) is 0 Å². The summed E-state index contributed by atoms with van der Waals surface area (Å²) < 4.78 is 6.48. The molecule has 182 valence electrons. The molecular weight excluding hydrogens is 402 g/mol. The van der Waals surface area contributed by atoms with Gasteiger partial charge in [-0.3, -0.25) is 0 Å². The molecule has 0 radical (unpaired) electrons. The molecule has 1 aromatic rings. The molecule has 1 heterocycles. The van der Waals surface area contributed by atoms with Crippen LogP contribution in [-0.4, -0.2) is 37.2 Å². The highest BCUT2D eigenvalue weighted by atomic mass is 16.5. The first-order valence-corrected chi connectivity index (χ1v) is 14.5. The number of benzene rings is 1. The van der Waals surface area contributed by atoms with Gasteiger partial charge in [0.25, 0.3) is 0 Å². The molecule has 4 aliphatic carbocycles. The minimum absolute atomic E-state index is 0.529. The minimum atomic E-state index is 0.529. The quantitative estimate of drug-likeness (QED) is 0.468. The molecule has 1 saturated heterocycles. The van der Waals surface area contributed by atoms with Crippen LogP contribution in [-0.2, 0) is 4.74 Å². The van der Waals surface area contributed by atoms with Gasteiger partial charge in [-0.05, 0) is 130 Å². The molecule has 1 aliphatic heterocycles. The molecular formula is C31H47NO. The van der Waals surface area contributed by atoms with Gasteiger partial charge in [0, 0.05) is 6.54 Å². The van der Waals surface area contributed by atoms with Crippen LogP contribution >= 0.6 is 0 Å². The van der Waals surface area contributed by atoms with Gasteiger partial charge in [0.05, 0.1) is 12.7 Å². The fraction of sp³-hybridized carbons (Fsp3) is 0.806. The first-order chi connectivity index (χ1) is 16.1. The molecule has 33 heavy (non-hydrogen) atoms. The van der Waals surface area contributed by atoms with E-state index in [0.717, 1.165) is 42.7 Å². The second-order valence-corrected chi connectivity index (χ2v) is 13.1. The van der Waals surface area contributed by atoms with Crippen molar-refractivity contribution in [1.82, 2.24) is 4.90 Å². The molecule has 5 fully saturated rings. The van der Waals surface area contributed by atoms with Gasteiger partial charge in [-0.1, -0.05) is 44.2 Å². The number of fused-ring (bicyclic) bond motifs is 5. The highest BCUT2D eigenvalue weighted by Crippen LogP contribution is 2.69. The second kappa shape index (κ2) is 8.98. The molecule has 0 spiro atoms. The zero-order valence-electron chi connectivity index (χ0n) is 21.3. The maximum absolute atomic E-state index is 6.48. The Bertz CT molecular complexity index is 802. The molecule has 2 heteroatoms. The Labute approximate surface area is 202 Å². The van der Waals surface area contributed by atoms with E-state index in [9.17, 15) is 0 Å². The third kappa shape index (κ3) is 3.92. The summed E-state index contributed by atoms with van der Waals surface area (Å²) in [5.74, 6) is 4.59. The third-order valence-corrected chi connectivity index (χ3v) is 11.8. The number of hydrogen-bond donors (Lipinski definition) is 0. The number of likely N-dealkylation sites (tertiary alicyclic amines) is 1. The summed E-state index contributed by atoms with van der Waals surface area (Å²) in [6, 6.07) is 11.5. The van der Waals surface area contributed by atoms with Crippen LogP contribution < -0.4 is 0 Å². The minimum Gasteiger partial charge on any atom is -0.377 e. The molecule has 0 aromatic heterocycles. The lowest BCUT2D eigenvalue weighted by Gasteiger charge is -2.61. The van der Waals surface area contributed by atoms with E-state index in [1.54, 1.807) is 5.56 Å². The highest BCUT2D eigenvalue weighted by molar-refractivity contribution is 5.25. The van der Waals surface area contributed by atoms with Crippen molar-refractivity contribution in [3.05, 3.63) is 35.9 Å². The molecule has 0 amide bonds. The van der Waals surface area contributed by atoms with Gasteiger partial charge < -0.3 is 9.64 Å². The van der Waals surface area contributed by atoms with Crippen LogP contribution in [0.1, 0.15) is 96.0 Å². The monoisotopic (exact) mass is 449 g/mol. The van der Waals surface area contributed by atoms with E-state index < -0.39 is 0 Å². The predicted octanol–water partition coefficient (Wildman–Crippen LogP) is 7.29. The maximum Gasteiger partial charge on any atom is 0.0597 e. The summed E-state index contributed by atoms with van der Waals surface area (Å²) >= 11 is 0. The molecule has 4 saturated carbocycles. The van der Waals surface area contributed by atoms with Crippen LogP contribution in [0.2, 0.25) is 0 Å². The molecule has 5 aliphatic rings. The number of nitrogens with zero attached hydrogens (tertiary/aromatic N) is 1. The van der Waals surface area contributed by atoms with E-state index in [0.29, 0.717) is 16.9 Å². The van der Waals surface area contributed by atoms with E-state index in [2.05, 4.69) is 49.1 Å². The average molecular weight is 450 g/mol. The number of ether oxygens (including phenoxy) is 1. The van der Waals surface area contributed by atoms with Crippen molar-refractivity contribution >= 4 is 0 Å². The second-order valence-electron chi connectivity index (χ2n) is 13.1. The van der Waals surface area contributed by atoms with E-state index in [1.165, 1.54) is 83.7 Å². The molecule has 1 aromatic carbocycles. The predicted molar refractivity (Wildman–Crippen MR) is 136 cm³/mol. The first kappa shape index (κ1) is 22.6. The average Bonchev–Trinajstić information content (AvgIpc) is 3.47. The lowest BCUT2D eigenvalue weighted by molar-refractivity contribution is -0.132. The van der Waals surface area contributed by atoms with Gasteiger partial charge in [-0.15, -0.1) is 0 Å². The number of hydrogen-bond acceptors (Lipinski definition) is 2. The molecule has 0 N–H and O–H groups in total. The largest absolute Gasteiger partial charge is 0.377 e. The summed E-state index contributed by atoms with van der Waals surface area (Å²) in [5.41, 5.74) is 2.72. The van der Waals surface area contributed by atoms with E-state index >= 15 is 0 Å². The molecule has 8 atom stereocenters. The Morgan fingerprint density at radius 1 is 0.848 bits per heavy atom. The van der Waals surface area contributed by atoms with Crippen LogP contribution in [0.3, 0.4) is 0 Å². The van der Waals surface area contributed by atoms with Gasteiger partial charge in [0.15, 0.2) is 0 Å². The van der Waals surface area contributed by atoms with Gasteiger partial charge in [0.2, 0.25) is 0 Å². The van der Waals surface area contributed by atoms with Crippen LogP contribution in [0, 0.1) is 34.5 Å². The zero-order valence-corrected chi connectivity index (χ0v) is 21.3. The molecule has 0 unspecified atom stereocenters. The van der Waals surface area contributed by atoms with Crippen molar-refractivity contribution < 1.29 is 4.74 Å².